The number of benzene rings is 2. The van der Waals surface area contributed by atoms with E-state index >= 15 is 0 Å². The summed E-state index contributed by atoms with van der Waals surface area (Å²) in [5, 5.41) is 10.1. The molecule has 0 spiro atoms. The van der Waals surface area contributed by atoms with Crippen LogP contribution in [0.5, 0.6) is 11.5 Å². The van der Waals surface area contributed by atoms with Crippen LogP contribution in [-0.4, -0.2) is 52.3 Å². The van der Waals surface area contributed by atoms with E-state index in [1.54, 1.807) is 18.2 Å². The van der Waals surface area contributed by atoms with Gasteiger partial charge in [-0.3, -0.25) is 9.52 Å². The van der Waals surface area contributed by atoms with Gasteiger partial charge < -0.3 is 19.9 Å². The molecule has 1 saturated carbocycles. The number of nitrogens with one attached hydrogen (secondary N) is 2. The van der Waals surface area contributed by atoms with Gasteiger partial charge in [-0.15, -0.1) is 0 Å². The number of ether oxygens (including phenoxy) is 2. The first-order valence-corrected chi connectivity index (χ1v) is 12.6. The van der Waals surface area contributed by atoms with Gasteiger partial charge in [-0.05, 0) is 48.6 Å². The Morgan fingerprint density at radius 3 is 2.00 bits per heavy atom. The molecule has 9 nitrogen and oxygen atoms in total. The third-order valence-electron chi connectivity index (χ3n) is 5.45. The lowest BCUT2D eigenvalue weighted by Gasteiger charge is -2.17. The molecule has 1 aliphatic carbocycles. The van der Waals surface area contributed by atoms with Gasteiger partial charge in [0.2, 0.25) is 5.91 Å². The fourth-order valence-corrected chi connectivity index (χ4v) is 4.37. The Morgan fingerprint density at radius 1 is 1.03 bits per heavy atom. The molecule has 1 fully saturated rings. The number of hydrogen-bond acceptors (Lipinski definition) is 6. The average molecular weight is 547 g/mol. The predicted octanol–water partition coefficient (Wildman–Crippen LogP) is 3.94. The Kier molecular flexibility index (Phi) is 9.42. The minimum atomic E-state index is -5.08. The SMILES string of the molecule is COc1ccc(S(=O)(=O)Nc2ccc(C3(C(=O)NCC(C)C)CC3)cc2)cc1OC.O=C(O)C(F)(F)F. The molecule has 2 aromatic carbocycles. The van der Waals surface area contributed by atoms with Gasteiger partial charge in [0.1, 0.15) is 0 Å². The monoisotopic (exact) mass is 546 g/mol. The molecule has 0 aromatic heterocycles. The normalized spacial score (nSPS) is 14.2. The number of alkyl halides is 3. The lowest BCUT2D eigenvalue weighted by Crippen LogP contribution is -2.36. The number of carbonyl (C=O) groups excluding carboxylic acids is 1. The largest absolute Gasteiger partial charge is 0.493 e. The minimum absolute atomic E-state index is 0.0369. The van der Waals surface area contributed by atoms with Gasteiger partial charge in [-0.2, -0.15) is 13.2 Å². The van der Waals surface area contributed by atoms with E-state index in [1.807, 2.05) is 12.1 Å². The summed E-state index contributed by atoms with van der Waals surface area (Å²) in [6, 6.07) is 11.4. The van der Waals surface area contributed by atoms with E-state index in [9.17, 15) is 26.4 Å². The van der Waals surface area contributed by atoms with Crippen LogP contribution < -0.4 is 19.5 Å². The molecule has 37 heavy (non-hydrogen) atoms. The third-order valence-corrected chi connectivity index (χ3v) is 6.83. The summed E-state index contributed by atoms with van der Waals surface area (Å²) < 4.78 is 70.1. The first-order valence-electron chi connectivity index (χ1n) is 11.1. The summed E-state index contributed by atoms with van der Waals surface area (Å²) >= 11 is 0. The molecule has 0 unspecified atom stereocenters. The van der Waals surface area contributed by atoms with E-state index < -0.39 is 27.6 Å². The van der Waals surface area contributed by atoms with E-state index in [1.165, 1.54) is 26.4 Å². The molecule has 1 aliphatic rings. The van der Waals surface area contributed by atoms with Gasteiger partial charge in [-0.25, -0.2) is 13.2 Å². The molecule has 0 aliphatic heterocycles. The van der Waals surface area contributed by atoms with E-state index in [-0.39, 0.29) is 10.8 Å². The number of sulfonamides is 1. The smallest absolute Gasteiger partial charge is 0.490 e. The Bertz CT molecular complexity index is 1210. The zero-order valence-corrected chi connectivity index (χ0v) is 21.5. The van der Waals surface area contributed by atoms with Crippen LogP contribution in [0.2, 0.25) is 0 Å². The summed E-state index contributed by atoms with van der Waals surface area (Å²) in [5.41, 5.74) is 0.833. The Balaban J connectivity index is 0.000000604. The van der Waals surface area contributed by atoms with Gasteiger partial charge in [-0.1, -0.05) is 26.0 Å². The van der Waals surface area contributed by atoms with Crippen molar-refractivity contribution in [2.45, 2.75) is 43.2 Å². The van der Waals surface area contributed by atoms with Crippen LogP contribution in [0.4, 0.5) is 18.9 Å². The number of methoxy groups -OCH3 is 2. The van der Waals surface area contributed by atoms with Crippen molar-refractivity contribution in [2.75, 3.05) is 25.5 Å². The van der Waals surface area contributed by atoms with Crippen LogP contribution in [0.15, 0.2) is 47.4 Å². The van der Waals surface area contributed by atoms with Crippen LogP contribution in [0.1, 0.15) is 32.3 Å². The van der Waals surface area contributed by atoms with E-state index in [0.29, 0.717) is 29.6 Å². The van der Waals surface area contributed by atoms with Crippen molar-refractivity contribution >= 4 is 27.6 Å². The molecule has 3 N–H and O–H groups in total. The second-order valence-corrected chi connectivity index (χ2v) is 10.4. The van der Waals surface area contributed by atoms with Crippen LogP contribution in [0.3, 0.4) is 0 Å². The van der Waals surface area contributed by atoms with Crippen molar-refractivity contribution in [2.24, 2.45) is 5.92 Å². The van der Waals surface area contributed by atoms with E-state index in [0.717, 1.165) is 18.4 Å². The standard InChI is InChI=1S/C22H28N2O5S.C2HF3O2/c1-15(2)14-23-21(25)22(11-12-22)16-5-7-17(8-6-16)24-30(26,27)18-9-10-19(28-3)20(13-18)29-4;3-2(4,5)1(6)7/h5-10,13,15,24H,11-12,14H2,1-4H3,(H,23,25);(H,6,7). The number of anilines is 1. The molecular formula is C24H29F3N2O7S. The average Bonchev–Trinajstić information content (AvgIpc) is 3.64. The van der Waals surface area contributed by atoms with E-state index in [4.69, 9.17) is 19.4 Å². The molecule has 0 heterocycles. The highest BCUT2D eigenvalue weighted by Gasteiger charge is 2.51. The number of carboxylic acids is 1. The number of carboxylic acid groups (broad SMARTS) is 1. The van der Waals surface area contributed by atoms with Crippen LogP contribution in [0.25, 0.3) is 0 Å². The summed E-state index contributed by atoms with van der Waals surface area (Å²) in [6.45, 7) is 4.75. The maximum atomic E-state index is 12.7. The van der Waals surface area contributed by atoms with Crippen LogP contribution in [-0.2, 0) is 25.0 Å². The number of carbonyl (C=O) groups is 2. The molecule has 2 aromatic rings. The topological polar surface area (TPSA) is 131 Å². The lowest BCUT2D eigenvalue weighted by atomic mass is 9.94. The second kappa shape index (κ2) is 11.7. The quantitative estimate of drug-likeness (QED) is 0.434. The first-order chi connectivity index (χ1) is 17.2. The predicted molar refractivity (Wildman–Crippen MR) is 129 cm³/mol. The zero-order chi connectivity index (χ0) is 28.0. The van der Waals surface area contributed by atoms with Gasteiger partial charge >= 0.3 is 12.1 Å². The number of halogens is 3. The van der Waals surface area contributed by atoms with Gasteiger partial charge in [0.25, 0.3) is 10.0 Å². The molecular weight excluding hydrogens is 517 g/mol. The first kappa shape index (κ1) is 29.7. The molecule has 3 rings (SSSR count). The zero-order valence-electron chi connectivity index (χ0n) is 20.7. The van der Waals surface area contributed by atoms with Gasteiger partial charge in [0.15, 0.2) is 11.5 Å². The molecule has 0 bridgehead atoms. The number of aliphatic carboxylic acids is 1. The van der Waals surface area contributed by atoms with Crippen molar-refractivity contribution in [3.63, 3.8) is 0 Å². The summed E-state index contributed by atoms with van der Waals surface area (Å²) in [6.07, 6.45) is -3.48. The maximum Gasteiger partial charge on any atom is 0.490 e. The van der Waals surface area contributed by atoms with Crippen molar-refractivity contribution in [3.8, 4) is 11.5 Å². The highest BCUT2D eigenvalue weighted by molar-refractivity contribution is 7.92. The lowest BCUT2D eigenvalue weighted by molar-refractivity contribution is -0.192. The molecule has 0 atom stereocenters. The number of amides is 1. The highest BCUT2D eigenvalue weighted by Crippen LogP contribution is 2.48. The fourth-order valence-electron chi connectivity index (χ4n) is 3.29. The minimum Gasteiger partial charge on any atom is -0.493 e. The molecule has 1 amide bonds. The molecule has 13 heteroatoms. The van der Waals surface area contributed by atoms with Crippen LogP contribution >= 0.6 is 0 Å². The van der Waals surface area contributed by atoms with Crippen LogP contribution in [0, 0.1) is 5.92 Å². The molecule has 0 radical (unpaired) electrons. The number of hydrogen-bond donors (Lipinski definition) is 3. The van der Waals surface area contributed by atoms with Crippen molar-refractivity contribution < 1.29 is 45.8 Å². The highest BCUT2D eigenvalue weighted by atomic mass is 32.2. The fraction of sp³-hybridized carbons (Fsp3) is 0.417. The van der Waals surface area contributed by atoms with E-state index in [2.05, 4.69) is 23.9 Å². The second-order valence-electron chi connectivity index (χ2n) is 8.69. The summed E-state index contributed by atoms with van der Waals surface area (Å²) in [4.78, 5) is 21.6. The van der Waals surface area contributed by atoms with Gasteiger partial charge in [0.05, 0.1) is 24.5 Å². The van der Waals surface area contributed by atoms with Crippen molar-refractivity contribution in [1.82, 2.24) is 5.32 Å². The third kappa shape index (κ3) is 7.75. The van der Waals surface area contributed by atoms with Crippen molar-refractivity contribution in [1.29, 1.82) is 0 Å². The summed E-state index contributed by atoms with van der Waals surface area (Å²) in [7, 11) is -0.865. The Hall–Kier alpha value is -3.48. The molecule has 204 valence electrons. The molecule has 0 saturated heterocycles. The Labute approximate surface area is 213 Å². The maximum absolute atomic E-state index is 12.7. The van der Waals surface area contributed by atoms with Crippen molar-refractivity contribution in [3.05, 3.63) is 48.0 Å². The van der Waals surface area contributed by atoms with Gasteiger partial charge in [0, 0.05) is 18.3 Å². The number of rotatable bonds is 9. The summed E-state index contributed by atoms with van der Waals surface area (Å²) in [5.74, 6) is -1.55. The Morgan fingerprint density at radius 2 is 1.57 bits per heavy atom.